The van der Waals surface area contributed by atoms with Crippen molar-refractivity contribution in [3.63, 3.8) is 0 Å². The number of benzene rings is 2. The Kier molecular flexibility index (Phi) is 4.68. The Bertz CT molecular complexity index is 739. The van der Waals surface area contributed by atoms with Gasteiger partial charge in [0.25, 0.3) is 0 Å². The van der Waals surface area contributed by atoms with Crippen LogP contribution in [0.4, 0.5) is 0 Å². The van der Waals surface area contributed by atoms with Crippen molar-refractivity contribution in [3.8, 4) is 11.4 Å². The van der Waals surface area contributed by atoms with Gasteiger partial charge in [0.1, 0.15) is 0 Å². The van der Waals surface area contributed by atoms with Crippen molar-refractivity contribution >= 4 is 0 Å². The fraction of sp³-hybridized carbons (Fsp3) is 0.222. The summed E-state index contributed by atoms with van der Waals surface area (Å²) in [5.74, 6) is 1.13. The fourth-order valence-electron chi connectivity index (χ4n) is 2.42. The Morgan fingerprint density at radius 3 is 1.91 bits per heavy atom. The van der Waals surface area contributed by atoms with Crippen LogP contribution in [0.25, 0.3) is 11.4 Å². The lowest BCUT2D eigenvalue weighted by Crippen LogP contribution is -2.17. The topological polar surface area (TPSA) is 54.8 Å². The molecule has 0 bridgehead atoms. The highest BCUT2D eigenvalue weighted by molar-refractivity contribution is 5.54. The fourth-order valence-corrected chi connectivity index (χ4v) is 2.42. The lowest BCUT2D eigenvalue weighted by molar-refractivity contribution is 0.319. The van der Waals surface area contributed by atoms with E-state index in [1.807, 2.05) is 18.2 Å². The van der Waals surface area contributed by atoms with Gasteiger partial charge in [-0.25, -0.2) is 0 Å². The van der Waals surface area contributed by atoms with Gasteiger partial charge in [0.15, 0.2) is 5.82 Å². The van der Waals surface area contributed by atoms with Crippen molar-refractivity contribution in [3.05, 3.63) is 71.5 Å². The second kappa shape index (κ2) is 7.07. The van der Waals surface area contributed by atoms with E-state index in [1.54, 1.807) is 6.92 Å². The lowest BCUT2D eigenvalue weighted by Gasteiger charge is -2.17. The second-order valence-corrected chi connectivity index (χ2v) is 5.63. The van der Waals surface area contributed by atoms with Gasteiger partial charge in [-0.2, -0.15) is 0 Å². The largest absolute Gasteiger partial charge is 0.298 e. The molecule has 0 saturated carbocycles. The molecule has 1 aromatic heterocycles. The van der Waals surface area contributed by atoms with Crippen molar-refractivity contribution in [1.29, 1.82) is 0 Å². The summed E-state index contributed by atoms with van der Waals surface area (Å²) >= 11 is 0. The summed E-state index contributed by atoms with van der Waals surface area (Å²) in [6, 6.07) is 18.7. The van der Waals surface area contributed by atoms with Crippen LogP contribution in [0, 0.1) is 6.92 Å². The van der Waals surface area contributed by atoms with Crippen LogP contribution in [0.3, 0.4) is 0 Å². The van der Waals surface area contributed by atoms with Gasteiger partial charge in [-0.05, 0) is 25.1 Å². The SMILES string of the molecule is Cc1nnc(-c2ccc(CN(C)Cc3ccccc3)cc2)nn1. The minimum atomic E-state index is 0.555. The summed E-state index contributed by atoms with van der Waals surface area (Å²) in [7, 11) is 2.12. The monoisotopic (exact) mass is 305 g/mol. The molecule has 0 fully saturated rings. The van der Waals surface area contributed by atoms with Crippen molar-refractivity contribution in [1.82, 2.24) is 25.3 Å². The smallest absolute Gasteiger partial charge is 0.203 e. The van der Waals surface area contributed by atoms with Gasteiger partial charge in [0.05, 0.1) is 0 Å². The molecule has 116 valence electrons. The third-order valence-electron chi connectivity index (χ3n) is 3.54. The molecular weight excluding hydrogens is 286 g/mol. The van der Waals surface area contributed by atoms with E-state index in [2.05, 4.69) is 68.7 Å². The third-order valence-corrected chi connectivity index (χ3v) is 3.54. The highest BCUT2D eigenvalue weighted by Crippen LogP contribution is 2.15. The lowest BCUT2D eigenvalue weighted by atomic mass is 10.1. The maximum absolute atomic E-state index is 4.06. The first-order valence-electron chi connectivity index (χ1n) is 7.56. The number of aromatic nitrogens is 4. The van der Waals surface area contributed by atoms with Crippen LogP contribution in [-0.4, -0.2) is 32.3 Å². The minimum Gasteiger partial charge on any atom is -0.298 e. The molecule has 0 aliphatic rings. The van der Waals surface area contributed by atoms with E-state index in [0.29, 0.717) is 11.6 Å². The highest BCUT2D eigenvalue weighted by atomic mass is 15.3. The molecule has 0 aliphatic heterocycles. The van der Waals surface area contributed by atoms with E-state index >= 15 is 0 Å². The van der Waals surface area contributed by atoms with Gasteiger partial charge in [0, 0.05) is 18.7 Å². The second-order valence-electron chi connectivity index (χ2n) is 5.63. The van der Waals surface area contributed by atoms with Gasteiger partial charge in [-0.1, -0.05) is 54.6 Å². The van der Waals surface area contributed by atoms with Gasteiger partial charge in [-0.15, -0.1) is 20.4 Å². The molecule has 0 atom stereocenters. The molecule has 0 spiro atoms. The molecule has 23 heavy (non-hydrogen) atoms. The van der Waals surface area contributed by atoms with Crippen LogP contribution in [0.15, 0.2) is 54.6 Å². The van der Waals surface area contributed by atoms with Gasteiger partial charge in [-0.3, -0.25) is 4.90 Å². The molecule has 0 aliphatic carbocycles. The number of hydrogen-bond acceptors (Lipinski definition) is 5. The Morgan fingerprint density at radius 1 is 0.739 bits per heavy atom. The van der Waals surface area contributed by atoms with E-state index in [-0.39, 0.29) is 0 Å². The number of aryl methyl sites for hydroxylation is 1. The van der Waals surface area contributed by atoms with Crippen LogP contribution >= 0.6 is 0 Å². The summed E-state index contributed by atoms with van der Waals surface area (Å²) in [5, 5.41) is 16.0. The molecular formula is C18H19N5. The molecule has 0 radical (unpaired) electrons. The Balaban J connectivity index is 1.64. The van der Waals surface area contributed by atoms with E-state index < -0.39 is 0 Å². The summed E-state index contributed by atoms with van der Waals surface area (Å²) in [6.07, 6.45) is 0. The summed E-state index contributed by atoms with van der Waals surface area (Å²) in [6.45, 7) is 3.59. The standard InChI is InChI=1S/C18H19N5/c1-14-19-21-18(22-20-14)17-10-8-16(9-11-17)13-23(2)12-15-6-4-3-5-7-15/h3-11H,12-13H2,1-2H3. The zero-order chi connectivity index (χ0) is 16.1. The first-order valence-corrected chi connectivity index (χ1v) is 7.56. The first kappa shape index (κ1) is 15.2. The number of hydrogen-bond donors (Lipinski definition) is 0. The minimum absolute atomic E-state index is 0.555. The van der Waals surface area contributed by atoms with Gasteiger partial charge >= 0.3 is 0 Å². The molecule has 5 nitrogen and oxygen atoms in total. The predicted molar refractivity (Wildman–Crippen MR) is 89.4 cm³/mol. The summed E-state index contributed by atoms with van der Waals surface area (Å²) in [4.78, 5) is 2.29. The summed E-state index contributed by atoms with van der Waals surface area (Å²) < 4.78 is 0. The molecule has 0 amide bonds. The van der Waals surface area contributed by atoms with Crippen molar-refractivity contribution in [2.75, 3.05) is 7.05 Å². The zero-order valence-electron chi connectivity index (χ0n) is 13.3. The number of rotatable bonds is 5. The van der Waals surface area contributed by atoms with Crippen LogP contribution in [-0.2, 0) is 13.1 Å². The molecule has 0 N–H and O–H groups in total. The molecule has 3 rings (SSSR count). The van der Waals surface area contributed by atoms with Crippen molar-refractivity contribution in [2.24, 2.45) is 0 Å². The molecule has 3 aromatic rings. The van der Waals surface area contributed by atoms with Crippen molar-refractivity contribution < 1.29 is 0 Å². The van der Waals surface area contributed by atoms with Crippen LogP contribution in [0.5, 0.6) is 0 Å². The third kappa shape index (κ3) is 4.17. The molecule has 2 aromatic carbocycles. The Hall–Kier alpha value is -2.66. The molecule has 0 unspecified atom stereocenters. The Labute approximate surface area is 136 Å². The maximum Gasteiger partial charge on any atom is 0.203 e. The van der Waals surface area contributed by atoms with Gasteiger partial charge < -0.3 is 0 Å². The maximum atomic E-state index is 4.06. The zero-order valence-corrected chi connectivity index (χ0v) is 13.3. The molecule has 1 heterocycles. The predicted octanol–water partition coefficient (Wildman–Crippen LogP) is 2.87. The quantitative estimate of drug-likeness (QED) is 0.725. The van der Waals surface area contributed by atoms with Gasteiger partial charge in [0.2, 0.25) is 5.82 Å². The van der Waals surface area contributed by atoms with E-state index in [0.717, 1.165) is 18.7 Å². The Morgan fingerprint density at radius 2 is 1.30 bits per heavy atom. The van der Waals surface area contributed by atoms with Crippen molar-refractivity contribution in [2.45, 2.75) is 20.0 Å². The normalized spacial score (nSPS) is 10.9. The highest BCUT2D eigenvalue weighted by Gasteiger charge is 2.05. The summed E-state index contributed by atoms with van der Waals surface area (Å²) in [5.41, 5.74) is 3.50. The average Bonchev–Trinajstić information content (AvgIpc) is 2.57. The average molecular weight is 305 g/mol. The van der Waals surface area contributed by atoms with Crippen LogP contribution in [0.2, 0.25) is 0 Å². The number of nitrogens with zero attached hydrogens (tertiary/aromatic N) is 5. The first-order chi connectivity index (χ1) is 11.2. The van der Waals surface area contributed by atoms with Crippen LogP contribution < -0.4 is 0 Å². The molecule has 5 heteroatoms. The van der Waals surface area contributed by atoms with Crippen LogP contribution in [0.1, 0.15) is 17.0 Å². The van der Waals surface area contributed by atoms with E-state index in [9.17, 15) is 0 Å². The van der Waals surface area contributed by atoms with E-state index in [1.165, 1.54) is 11.1 Å². The van der Waals surface area contributed by atoms with E-state index in [4.69, 9.17) is 0 Å². The molecule has 0 saturated heterocycles.